The fourth-order valence-corrected chi connectivity index (χ4v) is 1.68. The van der Waals surface area contributed by atoms with Crippen LogP contribution in [0, 0.1) is 11.8 Å². The maximum atomic E-state index is 10.3. The van der Waals surface area contributed by atoms with Crippen LogP contribution in [0.4, 0.5) is 0 Å². The van der Waals surface area contributed by atoms with E-state index in [2.05, 4.69) is 39.0 Å². The van der Waals surface area contributed by atoms with Gasteiger partial charge in [0.1, 0.15) is 6.29 Å². The van der Waals surface area contributed by atoms with Crippen LogP contribution in [0.1, 0.15) is 40.5 Å². The zero-order valence-electron chi connectivity index (χ0n) is 9.79. The molecule has 14 heavy (non-hydrogen) atoms. The van der Waals surface area contributed by atoms with Crippen LogP contribution in [0.2, 0.25) is 0 Å². The van der Waals surface area contributed by atoms with Gasteiger partial charge in [-0.15, -0.1) is 0 Å². The number of rotatable bonds is 6. The molecule has 0 spiro atoms. The van der Waals surface area contributed by atoms with Crippen LogP contribution < -0.4 is 0 Å². The Hall–Kier alpha value is -0.850. The maximum absolute atomic E-state index is 10.3. The van der Waals surface area contributed by atoms with Crippen molar-refractivity contribution in [1.29, 1.82) is 0 Å². The molecular formula is C13H22O. The first kappa shape index (κ1) is 13.2. The largest absolute Gasteiger partial charge is 0.303 e. The molecule has 0 saturated heterocycles. The first-order chi connectivity index (χ1) is 6.60. The molecule has 0 rings (SSSR count). The highest BCUT2D eigenvalue weighted by Crippen LogP contribution is 2.15. The Kier molecular flexibility index (Phi) is 7.09. The molecular weight excluding hydrogens is 172 g/mol. The van der Waals surface area contributed by atoms with Crippen LogP contribution in [0.25, 0.3) is 0 Å². The summed E-state index contributed by atoms with van der Waals surface area (Å²) in [5.41, 5.74) is 1.38. The van der Waals surface area contributed by atoms with E-state index in [-0.39, 0.29) is 0 Å². The Labute approximate surface area is 87.9 Å². The molecule has 0 bridgehead atoms. The van der Waals surface area contributed by atoms with E-state index in [1.54, 1.807) is 0 Å². The number of allylic oxidation sites excluding steroid dienone is 4. The summed E-state index contributed by atoms with van der Waals surface area (Å²) in [5.74, 6) is 0.977. The summed E-state index contributed by atoms with van der Waals surface area (Å²) in [4.78, 5) is 10.3. The number of hydrogen-bond donors (Lipinski definition) is 0. The predicted molar refractivity (Wildman–Crippen MR) is 62.2 cm³/mol. The first-order valence-corrected chi connectivity index (χ1v) is 5.33. The summed E-state index contributed by atoms with van der Waals surface area (Å²) in [5, 5.41) is 0. The van der Waals surface area contributed by atoms with Gasteiger partial charge in [-0.2, -0.15) is 0 Å². The molecule has 2 unspecified atom stereocenters. The minimum Gasteiger partial charge on any atom is -0.303 e. The molecule has 0 fully saturated rings. The molecule has 0 radical (unpaired) electrons. The molecule has 2 atom stereocenters. The van der Waals surface area contributed by atoms with Crippen molar-refractivity contribution in [3.05, 3.63) is 23.8 Å². The lowest BCUT2D eigenvalue weighted by molar-refractivity contribution is -0.108. The van der Waals surface area contributed by atoms with Crippen LogP contribution in [-0.4, -0.2) is 6.29 Å². The summed E-state index contributed by atoms with van der Waals surface area (Å²) >= 11 is 0. The second kappa shape index (κ2) is 7.54. The Balaban J connectivity index is 4.04. The van der Waals surface area contributed by atoms with Crippen molar-refractivity contribution >= 4 is 6.29 Å². The molecule has 0 aromatic carbocycles. The Bertz CT molecular complexity index is 213. The molecule has 80 valence electrons. The molecule has 0 aliphatic heterocycles. The number of aldehydes is 1. The molecule has 0 aliphatic rings. The van der Waals surface area contributed by atoms with E-state index < -0.39 is 0 Å². The van der Waals surface area contributed by atoms with E-state index in [1.807, 2.05) is 6.92 Å². The van der Waals surface area contributed by atoms with Crippen LogP contribution in [0.15, 0.2) is 23.8 Å². The number of carbonyl (C=O) groups excluding carboxylic acids is 1. The molecule has 0 aromatic heterocycles. The van der Waals surface area contributed by atoms with E-state index in [0.717, 1.165) is 12.7 Å². The predicted octanol–water partition coefficient (Wildman–Crippen LogP) is 3.76. The van der Waals surface area contributed by atoms with Gasteiger partial charge in [-0.05, 0) is 32.1 Å². The first-order valence-electron chi connectivity index (χ1n) is 5.33. The lowest BCUT2D eigenvalue weighted by Gasteiger charge is -2.08. The topological polar surface area (TPSA) is 17.1 Å². The second-order valence-corrected chi connectivity index (χ2v) is 4.10. The second-order valence-electron chi connectivity index (χ2n) is 4.10. The van der Waals surface area contributed by atoms with E-state index in [1.165, 1.54) is 5.57 Å². The van der Waals surface area contributed by atoms with Crippen LogP contribution >= 0.6 is 0 Å². The van der Waals surface area contributed by atoms with Crippen LogP contribution in [0.3, 0.4) is 0 Å². The summed E-state index contributed by atoms with van der Waals surface area (Å²) in [6, 6.07) is 0. The summed E-state index contributed by atoms with van der Waals surface area (Å²) in [6.45, 7) is 8.48. The monoisotopic (exact) mass is 194 g/mol. The van der Waals surface area contributed by atoms with E-state index >= 15 is 0 Å². The fraction of sp³-hybridized carbons (Fsp3) is 0.615. The normalized spacial score (nSPS) is 17.0. The zero-order valence-corrected chi connectivity index (χ0v) is 9.79. The highest BCUT2D eigenvalue weighted by molar-refractivity contribution is 5.50. The maximum Gasteiger partial charge on any atom is 0.120 e. The van der Waals surface area contributed by atoms with Crippen molar-refractivity contribution in [2.45, 2.75) is 40.5 Å². The Morgan fingerprint density at radius 2 is 1.93 bits per heavy atom. The van der Waals surface area contributed by atoms with Gasteiger partial charge in [0.25, 0.3) is 0 Å². The summed E-state index contributed by atoms with van der Waals surface area (Å²) < 4.78 is 0. The Morgan fingerprint density at radius 3 is 2.43 bits per heavy atom. The average Bonchev–Trinajstić information content (AvgIpc) is 2.03. The van der Waals surface area contributed by atoms with E-state index in [9.17, 15) is 4.79 Å². The molecule has 0 heterocycles. The van der Waals surface area contributed by atoms with Gasteiger partial charge in [-0.3, -0.25) is 0 Å². The van der Waals surface area contributed by atoms with Crippen molar-refractivity contribution in [3.63, 3.8) is 0 Å². The fourth-order valence-electron chi connectivity index (χ4n) is 1.68. The van der Waals surface area contributed by atoms with Gasteiger partial charge in [-0.25, -0.2) is 0 Å². The van der Waals surface area contributed by atoms with Gasteiger partial charge in [0.2, 0.25) is 0 Å². The van der Waals surface area contributed by atoms with Gasteiger partial charge in [0, 0.05) is 6.42 Å². The van der Waals surface area contributed by atoms with Gasteiger partial charge in [-0.1, -0.05) is 37.6 Å². The molecule has 0 aromatic rings. The lowest BCUT2D eigenvalue weighted by atomic mass is 9.97. The van der Waals surface area contributed by atoms with Gasteiger partial charge in [0.05, 0.1) is 0 Å². The van der Waals surface area contributed by atoms with Gasteiger partial charge in [0.15, 0.2) is 0 Å². The lowest BCUT2D eigenvalue weighted by Crippen LogP contribution is -1.95. The molecule has 0 N–H and O–H groups in total. The van der Waals surface area contributed by atoms with Crippen molar-refractivity contribution in [2.24, 2.45) is 11.8 Å². The molecule has 0 aliphatic carbocycles. The van der Waals surface area contributed by atoms with Gasteiger partial charge >= 0.3 is 0 Å². The van der Waals surface area contributed by atoms with Crippen LogP contribution in [0.5, 0.6) is 0 Å². The SMILES string of the molecule is CC=CC(C)CC(C)=CC(C)CC=O. The number of hydrogen-bond acceptors (Lipinski definition) is 1. The molecule has 0 amide bonds. The minimum absolute atomic E-state index is 0.380. The quantitative estimate of drug-likeness (QED) is 0.465. The van der Waals surface area contributed by atoms with Crippen molar-refractivity contribution in [2.75, 3.05) is 0 Å². The van der Waals surface area contributed by atoms with Crippen molar-refractivity contribution < 1.29 is 4.79 Å². The van der Waals surface area contributed by atoms with Crippen molar-refractivity contribution in [3.8, 4) is 0 Å². The van der Waals surface area contributed by atoms with E-state index in [4.69, 9.17) is 0 Å². The highest BCUT2D eigenvalue weighted by Gasteiger charge is 2.01. The smallest absolute Gasteiger partial charge is 0.120 e. The van der Waals surface area contributed by atoms with Crippen LogP contribution in [-0.2, 0) is 4.79 Å². The third-order valence-electron chi connectivity index (χ3n) is 2.20. The van der Waals surface area contributed by atoms with Gasteiger partial charge < -0.3 is 4.79 Å². The summed E-state index contributed by atoms with van der Waals surface area (Å²) in [7, 11) is 0. The average molecular weight is 194 g/mol. The summed E-state index contributed by atoms with van der Waals surface area (Å²) in [6.07, 6.45) is 9.22. The molecule has 1 nitrogen and oxygen atoms in total. The Morgan fingerprint density at radius 1 is 1.29 bits per heavy atom. The third-order valence-corrected chi connectivity index (χ3v) is 2.20. The third kappa shape index (κ3) is 6.64. The standard InChI is InChI=1S/C13H22O/c1-5-6-11(2)9-13(4)10-12(3)7-8-14/h5-6,8,10-12H,7,9H2,1-4H3. The highest BCUT2D eigenvalue weighted by atomic mass is 16.1. The molecule has 0 saturated carbocycles. The number of carbonyl (C=O) groups is 1. The minimum atomic E-state index is 0.380. The zero-order chi connectivity index (χ0) is 11.0. The van der Waals surface area contributed by atoms with E-state index in [0.29, 0.717) is 18.3 Å². The molecule has 1 heteroatoms. The van der Waals surface area contributed by atoms with Crippen molar-refractivity contribution in [1.82, 2.24) is 0 Å².